The Labute approximate surface area is 66.1 Å². The van der Waals surface area contributed by atoms with Crippen LogP contribution in [0.5, 0.6) is 0 Å². The summed E-state index contributed by atoms with van der Waals surface area (Å²) in [6, 6.07) is 0.217. The molecule has 0 aliphatic carbocycles. The highest BCUT2D eigenvalue weighted by atomic mass is 16.6. The lowest BCUT2D eigenvalue weighted by Crippen LogP contribution is -2.49. The first-order valence-electron chi connectivity index (χ1n) is 3.73. The lowest BCUT2D eigenvalue weighted by atomic mass is 10.2. The van der Waals surface area contributed by atoms with Gasteiger partial charge in [-0.1, -0.05) is 0 Å². The monoisotopic (exact) mass is 159 g/mol. The minimum atomic E-state index is -0.263. The quantitative estimate of drug-likeness (QED) is 0.588. The van der Waals surface area contributed by atoms with Gasteiger partial charge in [-0.2, -0.15) is 0 Å². The summed E-state index contributed by atoms with van der Waals surface area (Å²) < 4.78 is 9.73. The normalized spacial score (nSPS) is 17.3. The maximum Gasteiger partial charge on any atom is 0.409 e. The number of rotatable bonds is 2. The van der Waals surface area contributed by atoms with Gasteiger partial charge in [-0.05, 0) is 6.92 Å². The molecule has 0 N–H and O–H groups in total. The zero-order valence-corrected chi connectivity index (χ0v) is 6.87. The molecule has 0 atom stereocenters. The average molecular weight is 159 g/mol. The molecule has 4 nitrogen and oxygen atoms in total. The zero-order chi connectivity index (χ0) is 8.27. The number of carbonyl (C=O) groups excluding carboxylic acids is 1. The van der Waals surface area contributed by atoms with E-state index in [1.54, 1.807) is 18.9 Å². The molecule has 0 aromatic carbocycles. The van der Waals surface area contributed by atoms with E-state index < -0.39 is 0 Å². The molecule has 0 bridgehead atoms. The van der Waals surface area contributed by atoms with E-state index in [0.717, 1.165) is 0 Å². The van der Waals surface area contributed by atoms with Crippen molar-refractivity contribution in [3.8, 4) is 0 Å². The summed E-state index contributed by atoms with van der Waals surface area (Å²) in [4.78, 5) is 12.6. The predicted molar refractivity (Wildman–Crippen MR) is 39.4 cm³/mol. The molecule has 1 rings (SSSR count). The number of amides is 1. The summed E-state index contributed by atoms with van der Waals surface area (Å²) >= 11 is 0. The molecule has 1 fully saturated rings. The molecule has 0 radical (unpaired) electrons. The lowest BCUT2D eigenvalue weighted by Gasteiger charge is -2.33. The number of ether oxygens (including phenoxy) is 2. The third-order valence-corrected chi connectivity index (χ3v) is 1.72. The van der Waals surface area contributed by atoms with Crippen LogP contribution >= 0.6 is 0 Å². The molecule has 4 heteroatoms. The van der Waals surface area contributed by atoms with Gasteiger partial charge in [-0.15, -0.1) is 0 Å². The average Bonchev–Trinajstić information content (AvgIpc) is 1.84. The molecule has 0 aromatic rings. The van der Waals surface area contributed by atoms with E-state index in [4.69, 9.17) is 9.47 Å². The molecule has 1 amide bonds. The highest BCUT2D eigenvalue weighted by Crippen LogP contribution is 2.08. The van der Waals surface area contributed by atoms with Crippen LogP contribution < -0.4 is 0 Å². The largest absolute Gasteiger partial charge is 0.450 e. The van der Waals surface area contributed by atoms with Crippen molar-refractivity contribution in [1.29, 1.82) is 0 Å². The Morgan fingerprint density at radius 1 is 1.73 bits per heavy atom. The minimum Gasteiger partial charge on any atom is -0.450 e. The molecule has 0 saturated carbocycles. The Balaban J connectivity index is 2.27. The predicted octanol–water partition coefficient (Wildman–Crippen LogP) is 0.474. The minimum absolute atomic E-state index is 0.217. The van der Waals surface area contributed by atoms with Crippen LogP contribution in [0.3, 0.4) is 0 Å². The van der Waals surface area contributed by atoms with E-state index in [2.05, 4.69) is 0 Å². The maximum absolute atomic E-state index is 11.0. The van der Waals surface area contributed by atoms with Gasteiger partial charge in [-0.3, -0.25) is 0 Å². The number of carbonyl (C=O) groups is 1. The number of hydrogen-bond acceptors (Lipinski definition) is 3. The standard InChI is InChI=1S/C7H13NO3/c1-3-11-7(9)8(2)6-4-10-5-6/h6H,3-5H2,1-2H3. The second-order valence-electron chi connectivity index (χ2n) is 2.50. The molecule has 1 heterocycles. The van der Waals surface area contributed by atoms with Crippen LogP contribution in [0, 0.1) is 0 Å². The van der Waals surface area contributed by atoms with Gasteiger partial charge in [0, 0.05) is 7.05 Å². The van der Waals surface area contributed by atoms with Crippen LogP contribution in [0.2, 0.25) is 0 Å². The SMILES string of the molecule is CCOC(=O)N(C)C1COC1. The summed E-state index contributed by atoms with van der Waals surface area (Å²) in [5, 5.41) is 0. The van der Waals surface area contributed by atoms with Gasteiger partial charge in [-0.25, -0.2) is 4.79 Å². The van der Waals surface area contributed by atoms with E-state index in [0.29, 0.717) is 19.8 Å². The molecule has 0 aromatic heterocycles. The van der Waals surface area contributed by atoms with Gasteiger partial charge in [0.15, 0.2) is 0 Å². The van der Waals surface area contributed by atoms with E-state index in [1.165, 1.54) is 0 Å². The smallest absolute Gasteiger partial charge is 0.409 e. The van der Waals surface area contributed by atoms with Gasteiger partial charge in [0.2, 0.25) is 0 Å². The Hall–Kier alpha value is -0.770. The Morgan fingerprint density at radius 3 is 2.73 bits per heavy atom. The summed E-state index contributed by atoms with van der Waals surface area (Å²) in [5.41, 5.74) is 0. The van der Waals surface area contributed by atoms with Crippen LogP contribution in [0.25, 0.3) is 0 Å². The maximum atomic E-state index is 11.0. The van der Waals surface area contributed by atoms with Gasteiger partial charge in [0.25, 0.3) is 0 Å². The molecular weight excluding hydrogens is 146 g/mol. The van der Waals surface area contributed by atoms with Gasteiger partial charge in [0.1, 0.15) is 0 Å². The number of nitrogens with zero attached hydrogens (tertiary/aromatic N) is 1. The Bertz CT molecular complexity index is 145. The topological polar surface area (TPSA) is 38.8 Å². The van der Waals surface area contributed by atoms with Gasteiger partial charge in [0.05, 0.1) is 25.9 Å². The summed E-state index contributed by atoms with van der Waals surface area (Å²) in [6.45, 7) is 3.49. The van der Waals surface area contributed by atoms with E-state index in [1.807, 2.05) is 0 Å². The zero-order valence-electron chi connectivity index (χ0n) is 6.87. The molecule has 1 aliphatic heterocycles. The fourth-order valence-corrected chi connectivity index (χ4v) is 0.821. The highest BCUT2D eigenvalue weighted by molar-refractivity contribution is 5.67. The van der Waals surface area contributed by atoms with Crippen molar-refractivity contribution < 1.29 is 14.3 Å². The molecule has 1 aliphatic rings. The lowest BCUT2D eigenvalue weighted by molar-refractivity contribution is -0.0518. The Kier molecular flexibility index (Phi) is 2.70. The number of likely N-dealkylation sites (N-methyl/N-ethyl adjacent to an activating group) is 1. The second kappa shape index (κ2) is 3.57. The van der Waals surface area contributed by atoms with Crippen molar-refractivity contribution in [2.24, 2.45) is 0 Å². The van der Waals surface area contributed by atoms with E-state index >= 15 is 0 Å². The second-order valence-corrected chi connectivity index (χ2v) is 2.50. The fourth-order valence-electron chi connectivity index (χ4n) is 0.821. The van der Waals surface area contributed by atoms with Crippen LogP contribution in [0.4, 0.5) is 4.79 Å². The van der Waals surface area contributed by atoms with Crippen molar-refractivity contribution in [2.75, 3.05) is 26.9 Å². The van der Waals surface area contributed by atoms with Crippen LogP contribution in [-0.2, 0) is 9.47 Å². The third-order valence-electron chi connectivity index (χ3n) is 1.72. The van der Waals surface area contributed by atoms with Crippen molar-refractivity contribution in [3.63, 3.8) is 0 Å². The first-order valence-corrected chi connectivity index (χ1v) is 3.73. The van der Waals surface area contributed by atoms with Crippen LogP contribution in [0.15, 0.2) is 0 Å². The first kappa shape index (κ1) is 8.33. The van der Waals surface area contributed by atoms with Crippen LogP contribution in [0.1, 0.15) is 6.92 Å². The summed E-state index contributed by atoms with van der Waals surface area (Å²) in [7, 11) is 1.73. The third kappa shape index (κ3) is 1.83. The molecule has 1 saturated heterocycles. The van der Waals surface area contributed by atoms with Gasteiger partial charge >= 0.3 is 6.09 Å². The molecule has 0 spiro atoms. The van der Waals surface area contributed by atoms with Crippen molar-refractivity contribution in [2.45, 2.75) is 13.0 Å². The van der Waals surface area contributed by atoms with Gasteiger partial charge < -0.3 is 14.4 Å². The first-order chi connectivity index (χ1) is 5.25. The van der Waals surface area contributed by atoms with E-state index in [9.17, 15) is 4.79 Å². The van der Waals surface area contributed by atoms with Crippen molar-refractivity contribution in [1.82, 2.24) is 4.90 Å². The highest BCUT2D eigenvalue weighted by Gasteiger charge is 2.27. The number of hydrogen-bond donors (Lipinski definition) is 0. The summed E-state index contributed by atoms with van der Waals surface area (Å²) in [6.07, 6.45) is -0.263. The van der Waals surface area contributed by atoms with E-state index in [-0.39, 0.29) is 12.1 Å². The molecule has 0 unspecified atom stereocenters. The Morgan fingerprint density at radius 2 is 2.36 bits per heavy atom. The summed E-state index contributed by atoms with van der Waals surface area (Å²) in [5.74, 6) is 0. The van der Waals surface area contributed by atoms with Crippen LogP contribution in [-0.4, -0.2) is 43.9 Å². The fraction of sp³-hybridized carbons (Fsp3) is 0.857. The van der Waals surface area contributed by atoms with Crippen molar-refractivity contribution >= 4 is 6.09 Å². The van der Waals surface area contributed by atoms with Crippen molar-refractivity contribution in [3.05, 3.63) is 0 Å². The molecule has 64 valence electrons. The molecule has 11 heavy (non-hydrogen) atoms. The molecular formula is C7H13NO3.